The Morgan fingerprint density at radius 1 is 1.62 bits per heavy atom. The topological polar surface area (TPSA) is 39.0 Å². The fourth-order valence-corrected chi connectivity index (χ4v) is 1.80. The Morgan fingerprint density at radius 2 is 2.46 bits per heavy atom. The molecule has 0 aromatic carbocycles. The second kappa shape index (κ2) is 3.38. The van der Waals surface area contributed by atoms with E-state index in [0.717, 1.165) is 13.1 Å². The van der Waals surface area contributed by atoms with Crippen LogP contribution in [-0.2, 0) is 13.6 Å². The second-order valence-corrected chi connectivity index (χ2v) is 3.64. The van der Waals surface area contributed by atoms with Crippen molar-refractivity contribution in [2.45, 2.75) is 25.4 Å². The third-order valence-electron chi connectivity index (χ3n) is 2.60. The van der Waals surface area contributed by atoms with E-state index in [-0.39, 0.29) is 5.69 Å². The van der Waals surface area contributed by atoms with E-state index in [4.69, 9.17) is 0 Å². The molecule has 1 saturated heterocycles. The van der Waals surface area contributed by atoms with Crippen molar-refractivity contribution in [2.24, 2.45) is 7.05 Å². The maximum absolute atomic E-state index is 11.5. The summed E-state index contributed by atoms with van der Waals surface area (Å²) in [7, 11) is 1.78. The van der Waals surface area contributed by atoms with Crippen LogP contribution in [-0.4, -0.2) is 21.7 Å². The minimum atomic E-state index is 0.0775. The largest absolute Gasteiger partial charge is 0.327 e. The van der Waals surface area contributed by atoms with Gasteiger partial charge >= 0.3 is 5.69 Å². The van der Waals surface area contributed by atoms with Crippen LogP contribution in [0.15, 0.2) is 17.2 Å². The summed E-state index contributed by atoms with van der Waals surface area (Å²) in [4.78, 5) is 11.5. The maximum atomic E-state index is 11.5. The highest BCUT2D eigenvalue weighted by Crippen LogP contribution is 2.05. The molecule has 1 aliphatic rings. The molecule has 0 aliphatic carbocycles. The fraction of sp³-hybridized carbons (Fsp3) is 0.667. The van der Waals surface area contributed by atoms with Crippen LogP contribution in [0.25, 0.3) is 0 Å². The molecule has 2 rings (SSSR count). The van der Waals surface area contributed by atoms with Crippen LogP contribution in [0.5, 0.6) is 0 Å². The van der Waals surface area contributed by atoms with Crippen molar-refractivity contribution < 1.29 is 0 Å². The van der Waals surface area contributed by atoms with Crippen LogP contribution < -0.4 is 11.0 Å². The summed E-state index contributed by atoms with van der Waals surface area (Å²) < 4.78 is 3.37. The van der Waals surface area contributed by atoms with E-state index < -0.39 is 0 Å². The average Bonchev–Trinajstić information content (AvgIpc) is 2.71. The minimum absolute atomic E-state index is 0.0775. The highest BCUT2D eigenvalue weighted by Gasteiger charge is 2.15. The Kier molecular flexibility index (Phi) is 2.22. The fourth-order valence-electron chi connectivity index (χ4n) is 1.80. The molecular weight excluding hydrogens is 166 g/mol. The molecule has 0 unspecified atom stereocenters. The Hall–Kier alpha value is -1.03. The maximum Gasteiger partial charge on any atom is 0.327 e. The van der Waals surface area contributed by atoms with E-state index in [1.165, 1.54) is 12.8 Å². The van der Waals surface area contributed by atoms with Crippen molar-refractivity contribution in [3.05, 3.63) is 22.9 Å². The zero-order valence-corrected chi connectivity index (χ0v) is 7.86. The molecule has 4 nitrogen and oxygen atoms in total. The van der Waals surface area contributed by atoms with Crippen molar-refractivity contribution in [1.82, 2.24) is 14.5 Å². The number of hydrogen-bond acceptors (Lipinski definition) is 2. The average molecular weight is 181 g/mol. The van der Waals surface area contributed by atoms with E-state index >= 15 is 0 Å². The van der Waals surface area contributed by atoms with E-state index in [9.17, 15) is 4.79 Å². The lowest BCUT2D eigenvalue weighted by molar-refractivity contribution is 0.496. The Morgan fingerprint density at radius 3 is 3.00 bits per heavy atom. The summed E-state index contributed by atoms with van der Waals surface area (Å²) in [5.41, 5.74) is 0.0775. The highest BCUT2D eigenvalue weighted by atomic mass is 16.1. The van der Waals surface area contributed by atoms with Gasteiger partial charge in [-0.15, -0.1) is 0 Å². The van der Waals surface area contributed by atoms with Gasteiger partial charge in [0.1, 0.15) is 0 Å². The summed E-state index contributed by atoms with van der Waals surface area (Å²) >= 11 is 0. The van der Waals surface area contributed by atoms with Crippen LogP contribution in [0.2, 0.25) is 0 Å². The van der Waals surface area contributed by atoms with Gasteiger partial charge in [0.05, 0.1) is 0 Å². The Bertz CT molecular complexity index is 333. The van der Waals surface area contributed by atoms with Gasteiger partial charge in [0, 0.05) is 32.0 Å². The van der Waals surface area contributed by atoms with Crippen molar-refractivity contribution >= 4 is 0 Å². The lowest BCUT2D eigenvalue weighted by Crippen LogP contribution is -2.32. The first-order chi connectivity index (χ1) is 6.27. The van der Waals surface area contributed by atoms with Gasteiger partial charge < -0.3 is 9.88 Å². The smallest absolute Gasteiger partial charge is 0.312 e. The van der Waals surface area contributed by atoms with Gasteiger partial charge in [0.15, 0.2) is 0 Å². The van der Waals surface area contributed by atoms with Gasteiger partial charge in [-0.3, -0.25) is 4.57 Å². The minimum Gasteiger partial charge on any atom is -0.312 e. The van der Waals surface area contributed by atoms with Gasteiger partial charge in [0.2, 0.25) is 0 Å². The molecule has 0 saturated carbocycles. The van der Waals surface area contributed by atoms with Crippen molar-refractivity contribution in [2.75, 3.05) is 6.54 Å². The van der Waals surface area contributed by atoms with E-state index in [2.05, 4.69) is 5.32 Å². The van der Waals surface area contributed by atoms with Crippen molar-refractivity contribution in [1.29, 1.82) is 0 Å². The van der Waals surface area contributed by atoms with Gasteiger partial charge in [-0.2, -0.15) is 0 Å². The molecule has 13 heavy (non-hydrogen) atoms. The van der Waals surface area contributed by atoms with E-state index in [0.29, 0.717) is 6.04 Å². The first kappa shape index (κ1) is 8.56. The van der Waals surface area contributed by atoms with Crippen LogP contribution in [0, 0.1) is 0 Å². The molecule has 1 atom stereocenters. The van der Waals surface area contributed by atoms with Crippen LogP contribution in [0.3, 0.4) is 0 Å². The summed E-state index contributed by atoms with van der Waals surface area (Å²) in [6.45, 7) is 1.89. The molecule has 4 heteroatoms. The van der Waals surface area contributed by atoms with Gasteiger partial charge in [-0.05, 0) is 19.4 Å². The number of rotatable bonds is 2. The van der Waals surface area contributed by atoms with Gasteiger partial charge in [0.25, 0.3) is 0 Å². The van der Waals surface area contributed by atoms with Gasteiger partial charge in [-0.1, -0.05) is 0 Å². The highest BCUT2D eigenvalue weighted by molar-refractivity contribution is 4.83. The molecule has 72 valence electrons. The molecule has 1 aromatic rings. The molecule has 0 radical (unpaired) electrons. The van der Waals surface area contributed by atoms with Gasteiger partial charge in [-0.25, -0.2) is 4.79 Å². The first-order valence-corrected chi connectivity index (χ1v) is 4.72. The molecule has 1 aliphatic heterocycles. The Balaban J connectivity index is 2.09. The predicted molar refractivity (Wildman–Crippen MR) is 50.7 cm³/mol. The molecule has 0 bridgehead atoms. The summed E-state index contributed by atoms with van der Waals surface area (Å²) in [5.74, 6) is 0. The van der Waals surface area contributed by atoms with E-state index in [1.807, 2.05) is 6.20 Å². The van der Waals surface area contributed by atoms with Crippen molar-refractivity contribution in [3.8, 4) is 0 Å². The molecule has 1 N–H and O–H groups in total. The Labute approximate surface area is 77.2 Å². The monoisotopic (exact) mass is 181 g/mol. The molecule has 1 fully saturated rings. The zero-order chi connectivity index (χ0) is 9.26. The summed E-state index contributed by atoms with van der Waals surface area (Å²) in [6.07, 6.45) is 6.06. The number of nitrogens with zero attached hydrogens (tertiary/aromatic N) is 2. The van der Waals surface area contributed by atoms with Crippen molar-refractivity contribution in [3.63, 3.8) is 0 Å². The number of imidazole rings is 1. The normalized spacial score (nSPS) is 22.4. The third kappa shape index (κ3) is 1.67. The lowest BCUT2D eigenvalue weighted by Gasteiger charge is -2.09. The summed E-state index contributed by atoms with van der Waals surface area (Å²) in [6, 6.07) is 0.486. The van der Waals surface area contributed by atoms with Crippen LogP contribution in [0.4, 0.5) is 0 Å². The van der Waals surface area contributed by atoms with Crippen LogP contribution in [0.1, 0.15) is 12.8 Å². The predicted octanol–water partition coefficient (Wildman–Crippen LogP) is -0.0612. The zero-order valence-electron chi connectivity index (χ0n) is 7.86. The molecule has 0 spiro atoms. The number of aromatic nitrogens is 2. The first-order valence-electron chi connectivity index (χ1n) is 4.72. The van der Waals surface area contributed by atoms with Crippen LogP contribution >= 0.6 is 0 Å². The third-order valence-corrected chi connectivity index (χ3v) is 2.60. The number of hydrogen-bond donors (Lipinski definition) is 1. The van der Waals surface area contributed by atoms with E-state index in [1.54, 1.807) is 22.4 Å². The molecular formula is C9H15N3O. The molecule has 1 aromatic heterocycles. The second-order valence-electron chi connectivity index (χ2n) is 3.64. The quantitative estimate of drug-likeness (QED) is 0.694. The number of nitrogens with one attached hydrogen (secondary N) is 1. The SMILES string of the molecule is Cn1ccn(C[C@H]2CCCN2)c1=O. The summed E-state index contributed by atoms with van der Waals surface area (Å²) in [5, 5.41) is 3.37. The standard InChI is InChI=1S/C9H15N3O/c1-11-5-6-12(9(11)13)7-8-3-2-4-10-8/h5-6,8,10H,2-4,7H2,1H3/t8-/m1/s1. The molecule has 2 heterocycles. The lowest BCUT2D eigenvalue weighted by atomic mass is 10.2. The number of aryl methyl sites for hydroxylation is 1. The molecule has 0 amide bonds.